The minimum atomic E-state index is -0.448. The smallest absolute Gasteiger partial charge is 0.157 e. The third-order valence-corrected chi connectivity index (χ3v) is 2.06. The molecule has 1 rings (SSSR count). The molecule has 1 aromatic carbocycles. The molecule has 0 bridgehead atoms. The van der Waals surface area contributed by atoms with Crippen molar-refractivity contribution in [3.8, 4) is 17.6 Å². The highest BCUT2D eigenvalue weighted by Crippen LogP contribution is 2.27. The van der Waals surface area contributed by atoms with Gasteiger partial charge in [0.1, 0.15) is 6.04 Å². The van der Waals surface area contributed by atoms with Crippen LogP contribution in [0.4, 0.5) is 0 Å². The number of hydrogen-bond acceptors (Lipinski definition) is 4. The van der Waals surface area contributed by atoms with Gasteiger partial charge in [0.15, 0.2) is 11.5 Å². The summed E-state index contributed by atoms with van der Waals surface area (Å²) in [5.74, 6) is -0.378. The molecule has 0 amide bonds. The van der Waals surface area contributed by atoms with Gasteiger partial charge in [-0.15, -0.1) is 0 Å². The molecule has 0 saturated carbocycles. The van der Waals surface area contributed by atoms with Gasteiger partial charge in [0.25, 0.3) is 0 Å². The van der Waals surface area contributed by atoms with Crippen LogP contribution in [0.1, 0.15) is 24.9 Å². The van der Waals surface area contributed by atoms with E-state index >= 15 is 0 Å². The van der Waals surface area contributed by atoms with Crippen LogP contribution in [0.2, 0.25) is 0 Å². The van der Waals surface area contributed by atoms with Crippen molar-refractivity contribution in [2.75, 3.05) is 6.54 Å². The number of phenols is 2. The Balaban J connectivity index is 2.84. The molecule has 15 heavy (non-hydrogen) atoms. The Labute approximate surface area is 88.8 Å². The topological polar surface area (TPSA) is 76.3 Å². The number of nitriles is 1. The first-order valence-electron chi connectivity index (χ1n) is 4.84. The van der Waals surface area contributed by atoms with Gasteiger partial charge < -0.3 is 10.2 Å². The fourth-order valence-electron chi connectivity index (χ4n) is 1.25. The Bertz CT molecular complexity index is 371. The second-order valence-corrected chi connectivity index (χ2v) is 3.26. The molecule has 0 aliphatic heterocycles. The van der Waals surface area contributed by atoms with Gasteiger partial charge in [-0.25, -0.2) is 0 Å². The van der Waals surface area contributed by atoms with Crippen molar-refractivity contribution in [3.63, 3.8) is 0 Å². The molecule has 3 N–H and O–H groups in total. The molecule has 0 aliphatic rings. The molecule has 4 nitrogen and oxygen atoms in total. The van der Waals surface area contributed by atoms with Gasteiger partial charge in [-0.1, -0.05) is 13.0 Å². The second-order valence-electron chi connectivity index (χ2n) is 3.26. The lowest BCUT2D eigenvalue weighted by molar-refractivity contribution is 0.402. The Morgan fingerprint density at radius 1 is 1.40 bits per heavy atom. The van der Waals surface area contributed by atoms with Gasteiger partial charge in [-0.3, -0.25) is 5.32 Å². The third kappa shape index (κ3) is 2.86. The van der Waals surface area contributed by atoms with Gasteiger partial charge in [-0.2, -0.15) is 5.26 Å². The van der Waals surface area contributed by atoms with E-state index in [2.05, 4.69) is 11.4 Å². The van der Waals surface area contributed by atoms with Crippen LogP contribution in [0.15, 0.2) is 18.2 Å². The van der Waals surface area contributed by atoms with E-state index in [4.69, 9.17) is 10.4 Å². The summed E-state index contributed by atoms with van der Waals surface area (Å²) in [6.45, 7) is 2.75. The first kappa shape index (κ1) is 11.3. The molecule has 0 aromatic heterocycles. The zero-order valence-electron chi connectivity index (χ0n) is 8.57. The molecular weight excluding hydrogens is 192 g/mol. The van der Waals surface area contributed by atoms with Crippen LogP contribution in [-0.2, 0) is 0 Å². The summed E-state index contributed by atoms with van der Waals surface area (Å²) in [5, 5.41) is 30.3. The molecular formula is C11H14N2O2. The highest BCUT2D eigenvalue weighted by atomic mass is 16.3. The Kier molecular flexibility index (Phi) is 3.95. The van der Waals surface area contributed by atoms with Crippen LogP contribution in [0.3, 0.4) is 0 Å². The zero-order valence-corrected chi connectivity index (χ0v) is 8.57. The van der Waals surface area contributed by atoms with Crippen molar-refractivity contribution in [3.05, 3.63) is 23.8 Å². The standard InChI is InChI=1S/C11H14N2O2/c1-2-5-13-9(7-12)8-3-4-10(14)11(15)6-8/h3-4,6,9,13-15H,2,5H2,1H3. The number of aromatic hydroxyl groups is 2. The van der Waals surface area contributed by atoms with Crippen molar-refractivity contribution in [1.29, 1.82) is 5.26 Å². The van der Waals surface area contributed by atoms with Crippen LogP contribution >= 0.6 is 0 Å². The van der Waals surface area contributed by atoms with Gasteiger partial charge in [0.2, 0.25) is 0 Å². The minimum Gasteiger partial charge on any atom is -0.504 e. The predicted octanol–water partition coefficient (Wildman–Crippen LogP) is 1.66. The molecule has 0 aliphatic carbocycles. The molecule has 80 valence electrons. The number of benzene rings is 1. The highest BCUT2D eigenvalue weighted by molar-refractivity contribution is 5.42. The number of nitrogens with one attached hydrogen (secondary N) is 1. The average molecular weight is 206 g/mol. The first-order valence-corrected chi connectivity index (χ1v) is 4.84. The molecule has 4 heteroatoms. The lowest BCUT2D eigenvalue weighted by atomic mass is 10.1. The van der Waals surface area contributed by atoms with E-state index in [1.807, 2.05) is 6.92 Å². The summed E-state index contributed by atoms with van der Waals surface area (Å²) in [5.41, 5.74) is 0.654. The number of phenolic OH excluding ortho intramolecular Hbond substituents is 2. The molecule has 0 spiro atoms. The third-order valence-electron chi connectivity index (χ3n) is 2.06. The van der Waals surface area contributed by atoms with Gasteiger partial charge in [0.05, 0.1) is 6.07 Å². The molecule has 0 heterocycles. The maximum Gasteiger partial charge on any atom is 0.157 e. The maximum atomic E-state index is 9.28. The summed E-state index contributed by atoms with van der Waals surface area (Å²) in [7, 11) is 0. The SMILES string of the molecule is CCCNC(C#N)c1ccc(O)c(O)c1. The number of rotatable bonds is 4. The van der Waals surface area contributed by atoms with Crippen LogP contribution in [-0.4, -0.2) is 16.8 Å². The quantitative estimate of drug-likeness (QED) is 0.655. The van der Waals surface area contributed by atoms with Gasteiger partial charge >= 0.3 is 0 Å². The molecule has 1 unspecified atom stereocenters. The monoisotopic (exact) mass is 206 g/mol. The molecule has 1 atom stereocenters. The zero-order chi connectivity index (χ0) is 11.3. The molecule has 0 radical (unpaired) electrons. The summed E-state index contributed by atoms with van der Waals surface area (Å²) in [6, 6.07) is 6.04. The first-order chi connectivity index (χ1) is 7.19. The van der Waals surface area contributed by atoms with Crippen molar-refractivity contribution in [2.45, 2.75) is 19.4 Å². The minimum absolute atomic E-state index is 0.175. The fraction of sp³-hybridized carbons (Fsp3) is 0.364. The van der Waals surface area contributed by atoms with Crippen molar-refractivity contribution >= 4 is 0 Å². The van der Waals surface area contributed by atoms with Gasteiger partial charge in [0, 0.05) is 0 Å². The number of nitrogens with zero attached hydrogens (tertiary/aromatic N) is 1. The van der Waals surface area contributed by atoms with Crippen molar-refractivity contribution in [2.24, 2.45) is 0 Å². The summed E-state index contributed by atoms with van der Waals surface area (Å²) >= 11 is 0. The van der Waals surface area contributed by atoms with E-state index in [1.165, 1.54) is 12.1 Å². The highest BCUT2D eigenvalue weighted by Gasteiger charge is 2.10. The maximum absolute atomic E-state index is 9.28. The lowest BCUT2D eigenvalue weighted by Crippen LogP contribution is -2.20. The van der Waals surface area contributed by atoms with Crippen LogP contribution in [0.25, 0.3) is 0 Å². The Morgan fingerprint density at radius 3 is 2.67 bits per heavy atom. The van der Waals surface area contributed by atoms with E-state index < -0.39 is 6.04 Å². The second kappa shape index (κ2) is 5.23. The van der Waals surface area contributed by atoms with Crippen LogP contribution in [0, 0.1) is 11.3 Å². The molecule has 0 saturated heterocycles. The largest absolute Gasteiger partial charge is 0.504 e. The Hall–Kier alpha value is -1.73. The van der Waals surface area contributed by atoms with E-state index in [1.54, 1.807) is 6.07 Å². The predicted molar refractivity (Wildman–Crippen MR) is 56.4 cm³/mol. The molecule has 1 aromatic rings. The summed E-state index contributed by atoms with van der Waals surface area (Å²) < 4.78 is 0. The van der Waals surface area contributed by atoms with Gasteiger partial charge in [-0.05, 0) is 30.7 Å². The van der Waals surface area contributed by atoms with Crippen LogP contribution in [0.5, 0.6) is 11.5 Å². The van der Waals surface area contributed by atoms with Crippen LogP contribution < -0.4 is 5.32 Å². The Morgan fingerprint density at radius 2 is 2.13 bits per heavy atom. The van der Waals surface area contributed by atoms with E-state index in [0.29, 0.717) is 5.56 Å². The van der Waals surface area contributed by atoms with E-state index in [-0.39, 0.29) is 11.5 Å². The summed E-state index contributed by atoms with van der Waals surface area (Å²) in [6.07, 6.45) is 0.933. The average Bonchev–Trinajstić information content (AvgIpc) is 2.24. The van der Waals surface area contributed by atoms with E-state index in [0.717, 1.165) is 13.0 Å². The molecule has 0 fully saturated rings. The summed E-state index contributed by atoms with van der Waals surface area (Å²) in [4.78, 5) is 0. The normalized spacial score (nSPS) is 12.0. The van der Waals surface area contributed by atoms with Crippen molar-refractivity contribution in [1.82, 2.24) is 5.32 Å². The number of hydrogen-bond donors (Lipinski definition) is 3. The fourth-order valence-corrected chi connectivity index (χ4v) is 1.25. The van der Waals surface area contributed by atoms with E-state index in [9.17, 15) is 5.11 Å². The van der Waals surface area contributed by atoms with Crippen molar-refractivity contribution < 1.29 is 10.2 Å². The lowest BCUT2D eigenvalue weighted by Gasteiger charge is -2.11.